The maximum atomic E-state index is 13.7. The fourth-order valence-electron chi connectivity index (χ4n) is 5.61. The molecular formula is C26H30ClN5O5S2. The van der Waals surface area contributed by atoms with Crippen molar-refractivity contribution >= 4 is 44.8 Å². The highest BCUT2D eigenvalue weighted by molar-refractivity contribution is 7.84. The van der Waals surface area contributed by atoms with Crippen LogP contribution in [0.25, 0.3) is 0 Å². The lowest BCUT2D eigenvalue weighted by Crippen LogP contribution is -2.39. The summed E-state index contributed by atoms with van der Waals surface area (Å²) in [6.07, 6.45) is 3.30. The van der Waals surface area contributed by atoms with Crippen LogP contribution < -0.4 is 10.0 Å². The number of aliphatic hydroxyl groups excluding tert-OH is 1. The van der Waals surface area contributed by atoms with Crippen molar-refractivity contribution in [2.45, 2.75) is 49.5 Å². The number of aliphatic hydroxyl groups is 1. The SMILES string of the molecule is CNS(=O)(=O)O[C@@H]1C[C@H](Nc2ncncc2C(=O)c2cc([C@@]3(c4cccc(Cl)c4)CCCN3C)cs2)C[C@@H]1O. The third-order valence-electron chi connectivity index (χ3n) is 7.56. The molecule has 3 aromatic rings. The van der Waals surface area contributed by atoms with E-state index in [1.807, 2.05) is 29.6 Å². The number of thiophene rings is 1. The van der Waals surface area contributed by atoms with Crippen molar-refractivity contribution < 1.29 is 22.5 Å². The van der Waals surface area contributed by atoms with Crippen LogP contribution in [0.15, 0.2) is 48.2 Å². The van der Waals surface area contributed by atoms with Crippen LogP contribution in [0.5, 0.6) is 0 Å². The highest BCUT2D eigenvalue weighted by Crippen LogP contribution is 2.45. The van der Waals surface area contributed by atoms with Crippen molar-refractivity contribution in [1.82, 2.24) is 19.6 Å². The van der Waals surface area contributed by atoms with Crippen LogP contribution in [0.2, 0.25) is 5.02 Å². The monoisotopic (exact) mass is 591 g/mol. The lowest BCUT2D eigenvalue weighted by atomic mass is 9.82. The molecule has 1 aliphatic heterocycles. The number of halogens is 1. The van der Waals surface area contributed by atoms with Crippen molar-refractivity contribution in [3.8, 4) is 0 Å². The maximum Gasteiger partial charge on any atom is 0.335 e. The van der Waals surface area contributed by atoms with E-state index in [1.165, 1.54) is 30.9 Å². The van der Waals surface area contributed by atoms with Crippen LogP contribution in [0.3, 0.4) is 0 Å². The van der Waals surface area contributed by atoms with Gasteiger partial charge < -0.3 is 10.4 Å². The van der Waals surface area contributed by atoms with E-state index in [-0.39, 0.29) is 30.2 Å². The summed E-state index contributed by atoms with van der Waals surface area (Å²) in [5, 5.41) is 16.2. The van der Waals surface area contributed by atoms with Gasteiger partial charge in [0.1, 0.15) is 18.2 Å². The molecule has 1 saturated carbocycles. The summed E-state index contributed by atoms with van der Waals surface area (Å²) >= 11 is 7.73. The summed E-state index contributed by atoms with van der Waals surface area (Å²) < 4.78 is 30.7. The van der Waals surface area contributed by atoms with Crippen LogP contribution in [0.4, 0.5) is 5.82 Å². The molecule has 1 aromatic carbocycles. The number of benzene rings is 1. The number of nitrogens with one attached hydrogen (secondary N) is 2. The van der Waals surface area contributed by atoms with Crippen LogP contribution in [0, 0.1) is 0 Å². The molecular weight excluding hydrogens is 562 g/mol. The van der Waals surface area contributed by atoms with Gasteiger partial charge in [-0.05, 0) is 74.0 Å². The molecule has 2 aliphatic rings. The number of hydrogen-bond donors (Lipinski definition) is 3. The molecule has 0 bridgehead atoms. The highest BCUT2D eigenvalue weighted by Gasteiger charge is 2.43. The van der Waals surface area contributed by atoms with Gasteiger partial charge >= 0.3 is 10.3 Å². The lowest BCUT2D eigenvalue weighted by Gasteiger charge is -2.36. The molecule has 2 fully saturated rings. The Labute approximate surface area is 236 Å². The predicted molar refractivity (Wildman–Crippen MR) is 149 cm³/mol. The van der Waals surface area contributed by atoms with E-state index in [0.717, 1.165) is 30.5 Å². The van der Waals surface area contributed by atoms with Crippen LogP contribution in [-0.2, 0) is 20.0 Å². The van der Waals surface area contributed by atoms with Gasteiger partial charge in [0, 0.05) is 24.3 Å². The van der Waals surface area contributed by atoms with E-state index in [4.69, 9.17) is 15.8 Å². The Morgan fingerprint density at radius 3 is 2.82 bits per heavy atom. The zero-order chi connectivity index (χ0) is 27.8. The Balaban J connectivity index is 1.39. The molecule has 5 rings (SSSR count). The summed E-state index contributed by atoms with van der Waals surface area (Å²) in [4.78, 5) is 24.9. The molecule has 1 saturated heterocycles. The van der Waals surface area contributed by atoms with Crippen molar-refractivity contribution in [2.75, 3.05) is 26.0 Å². The third kappa shape index (κ3) is 5.60. The smallest absolute Gasteiger partial charge is 0.335 e. The number of anilines is 1. The predicted octanol–water partition coefficient (Wildman–Crippen LogP) is 3.18. The van der Waals surface area contributed by atoms with E-state index in [2.05, 4.69) is 38.0 Å². The van der Waals surface area contributed by atoms with Gasteiger partial charge in [-0.25, -0.2) is 9.97 Å². The van der Waals surface area contributed by atoms with Gasteiger partial charge in [-0.3, -0.25) is 13.9 Å². The first-order valence-corrected chi connectivity index (χ1v) is 15.3. The van der Waals surface area contributed by atoms with Crippen LogP contribution in [-0.4, -0.2) is 73.1 Å². The average Bonchev–Trinajstić information content (AvgIpc) is 3.63. The van der Waals surface area contributed by atoms with Gasteiger partial charge in [-0.15, -0.1) is 11.3 Å². The first-order chi connectivity index (χ1) is 18.6. The van der Waals surface area contributed by atoms with Crippen LogP contribution in [0.1, 0.15) is 52.0 Å². The van der Waals surface area contributed by atoms with Gasteiger partial charge in [0.25, 0.3) is 0 Å². The first kappa shape index (κ1) is 28.1. The molecule has 0 amide bonds. The van der Waals surface area contributed by atoms with Gasteiger partial charge in [-0.1, -0.05) is 23.7 Å². The highest BCUT2D eigenvalue weighted by atomic mass is 35.5. The molecule has 2 aromatic heterocycles. The Morgan fingerprint density at radius 1 is 1.28 bits per heavy atom. The zero-order valence-electron chi connectivity index (χ0n) is 21.5. The Morgan fingerprint density at radius 2 is 2.10 bits per heavy atom. The molecule has 3 heterocycles. The van der Waals surface area contributed by atoms with Crippen molar-refractivity contribution in [1.29, 1.82) is 0 Å². The summed E-state index contributed by atoms with van der Waals surface area (Å²) in [5.74, 6) is 0.0992. The van der Waals surface area contributed by atoms with Gasteiger partial charge in [-0.2, -0.15) is 13.1 Å². The topological polar surface area (TPSA) is 134 Å². The van der Waals surface area contributed by atoms with E-state index in [0.29, 0.717) is 21.3 Å². The Kier molecular flexibility index (Phi) is 8.07. The fourth-order valence-corrected chi connectivity index (χ4v) is 7.36. The average molecular weight is 592 g/mol. The molecule has 208 valence electrons. The van der Waals surface area contributed by atoms with E-state index >= 15 is 0 Å². The maximum absolute atomic E-state index is 13.7. The minimum atomic E-state index is -3.95. The molecule has 13 heteroatoms. The van der Waals surface area contributed by atoms with Crippen LogP contribution >= 0.6 is 22.9 Å². The molecule has 3 N–H and O–H groups in total. The van der Waals surface area contributed by atoms with Gasteiger partial charge in [0.05, 0.1) is 22.1 Å². The number of likely N-dealkylation sites (tertiary alicyclic amines) is 1. The molecule has 0 radical (unpaired) electrons. The van der Waals surface area contributed by atoms with Crippen molar-refractivity contribution in [2.24, 2.45) is 0 Å². The quantitative estimate of drug-likeness (QED) is 0.321. The lowest BCUT2D eigenvalue weighted by molar-refractivity contribution is 0.0636. The molecule has 0 unspecified atom stereocenters. The van der Waals surface area contributed by atoms with Gasteiger partial charge in [0.2, 0.25) is 5.78 Å². The molecule has 1 aliphatic carbocycles. The Hall–Kier alpha value is -2.45. The third-order valence-corrected chi connectivity index (χ3v) is 9.72. The van der Waals surface area contributed by atoms with E-state index in [1.54, 1.807) is 0 Å². The van der Waals surface area contributed by atoms with E-state index in [9.17, 15) is 18.3 Å². The zero-order valence-corrected chi connectivity index (χ0v) is 23.9. The fraction of sp³-hybridized carbons (Fsp3) is 0.423. The normalized spacial score (nSPS) is 25.7. The van der Waals surface area contributed by atoms with Crippen molar-refractivity contribution in [3.63, 3.8) is 0 Å². The molecule has 10 nitrogen and oxygen atoms in total. The number of carbonyl (C=O) groups excluding carboxylic acids is 1. The largest absolute Gasteiger partial charge is 0.390 e. The Bertz CT molecular complexity index is 1470. The minimum absolute atomic E-state index is 0.220. The second-order valence-corrected chi connectivity index (χ2v) is 12.7. The molecule has 4 atom stereocenters. The van der Waals surface area contributed by atoms with Gasteiger partial charge in [0.15, 0.2) is 0 Å². The standard InChI is InChI=1S/C26H30ClN5O5S2/c1-28-39(35,36)37-22-12-19(11-21(22)33)31-25-20(13-29-15-30-25)24(34)23-10-17(14-38-23)26(7-4-8-32(26)2)16-5-3-6-18(27)9-16/h3,5-6,9-10,13-15,19,21-22,28,33H,4,7-8,11-12H2,1-2H3,(H,29,30,31)/t19-,21+,22-,26+/m1/s1. The second kappa shape index (κ2) is 11.2. The molecule has 39 heavy (non-hydrogen) atoms. The summed E-state index contributed by atoms with van der Waals surface area (Å²) in [6.45, 7) is 0.930. The summed E-state index contributed by atoms with van der Waals surface area (Å²) in [6, 6.07) is 9.47. The van der Waals surface area contributed by atoms with Crippen molar-refractivity contribution in [3.05, 3.63) is 74.8 Å². The number of hydrogen-bond acceptors (Lipinski definition) is 10. The molecule has 0 spiro atoms. The number of carbonyl (C=O) groups is 1. The second-order valence-electron chi connectivity index (χ2n) is 9.88. The summed E-state index contributed by atoms with van der Waals surface area (Å²) in [7, 11) is -0.622. The number of nitrogens with zero attached hydrogens (tertiary/aromatic N) is 3. The number of aromatic nitrogens is 2. The van der Waals surface area contributed by atoms with E-state index < -0.39 is 22.5 Å². The first-order valence-electron chi connectivity index (χ1n) is 12.6. The minimum Gasteiger partial charge on any atom is -0.390 e. The number of rotatable bonds is 9. The number of ketones is 1. The summed E-state index contributed by atoms with van der Waals surface area (Å²) in [5.41, 5.74) is 2.05.